The van der Waals surface area contributed by atoms with E-state index in [0.29, 0.717) is 6.54 Å². The van der Waals surface area contributed by atoms with Gasteiger partial charge in [0.1, 0.15) is 28.3 Å². The number of aromatic amines is 1. The Hall–Kier alpha value is -2.63. The Morgan fingerprint density at radius 2 is 1.29 bits per heavy atom. The second kappa shape index (κ2) is 13.6. The molecule has 0 radical (unpaired) electrons. The molecule has 41 heavy (non-hydrogen) atoms. The number of rotatable bonds is 9. The van der Waals surface area contributed by atoms with Gasteiger partial charge in [0, 0.05) is 6.54 Å². The molecule has 0 aliphatic carbocycles. The predicted octanol–water partition coefficient (Wildman–Crippen LogP) is 6.88. The third-order valence-electron chi connectivity index (χ3n) is 8.66. The predicted molar refractivity (Wildman–Crippen MR) is 173 cm³/mol. The van der Waals surface area contributed by atoms with E-state index < -0.39 is 17.8 Å². The number of nitrogens with one attached hydrogen (secondary N) is 2. The topological polar surface area (TPSA) is 44.9 Å². The fraction of sp³-hybridized carbons (Fsp3) is 0.222. The third-order valence-corrected chi connectivity index (χ3v) is 14.1. The van der Waals surface area contributed by atoms with Crippen LogP contribution in [-0.4, -0.2) is 22.6 Å². The number of aromatic nitrogens is 1. The van der Waals surface area contributed by atoms with Gasteiger partial charge in [0.15, 0.2) is 0 Å². The zero-order valence-corrected chi connectivity index (χ0v) is 29.8. The minimum atomic E-state index is -2.31. The van der Waals surface area contributed by atoms with Gasteiger partial charge in [-0.25, -0.2) is 0 Å². The van der Waals surface area contributed by atoms with Crippen molar-refractivity contribution < 1.29 is 35.9 Å². The largest absolute Gasteiger partial charge is 2.00 e. The van der Waals surface area contributed by atoms with Crippen LogP contribution in [0.25, 0.3) is 10.9 Å². The molecule has 3 nitrogen and oxygen atoms in total. The first-order valence-electron chi connectivity index (χ1n) is 13.6. The molecule has 0 fully saturated rings. The zero-order valence-electron chi connectivity index (χ0n) is 24.7. The Morgan fingerprint density at radius 3 is 1.78 bits per heavy atom. The van der Waals surface area contributed by atoms with Gasteiger partial charge in [-0.15, -0.1) is 11.5 Å². The summed E-state index contributed by atoms with van der Waals surface area (Å²) in [5, 5.41) is 7.89. The van der Waals surface area contributed by atoms with Crippen LogP contribution in [0.15, 0.2) is 115 Å². The van der Waals surface area contributed by atoms with Gasteiger partial charge in [0.05, 0.1) is 5.41 Å². The van der Waals surface area contributed by atoms with Gasteiger partial charge in [0.25, 0.3) is 0 Å². The molecule has 0 aliphatic rings. The van der Waals surface area contributed by atoms with Crippen LogP contribution in [0.1, 0.15) is 33.3 Å². The SMILES string of the molecule is CC(C)(C(=O)NCCc1c[nH]c2cc[c-]cc12)C(C)(C)[P+](c1ccccc1)(c1ccccc1)c1ccccc1.[CH3-].[U+2]. The number of benzene rings is 4. The van der Waals surface area contributed by atoms with E-state index in [1.165, 1.54) is 21.5 Å². The number of hydrogen-bond donors (Lipinski definition) is 2. The van der Waals surface area contributed by atoms with E-state index in [9.17, 15) is 4.79 Å². The molecule has 0 atom stereocenters. The molecular weight excluding hydrogens is 745 g/mol. The standard InChI is InChI=1S/C35H37N2OP.CH3.U/c1-34(2,33(38)36-25-24-27-26-37-32-23-15-14-22-31(27)32)35(3,4)39(28-16-8-5-9-17-28,29-18-10-6-11-19-29)30-20-12-7-13-21-30;;/h5-13,15-23,26,37H,24-25H2,1-4H3,(H,36,38);1H3;/q;-1;+2. The first kappa shape index (κ1) is 32.9. The average molecular weight is 786 g/mol. The second-order valence-electron chi connectivity index (χ2n) is 11.2. The van der Waals surface area contributed by atoms with Gasteiger partial charge >= 0.3 is 31.1 Å². The maximum atomic E-state index is 14.1. The Kier molecular flexibility index (Phi) is 10.9. The molecule has 5 rings (SSSR count). The molecule has 1 aromatic heterocycles. The molecule has 0 unspecified atom stereocenters. The molecule has 1 heterocycles. The first-order chi connectivity index (χ1) is 18.8. The van der Waals surface area contributed by atoms with Crippen molar-refractivity contribution in [2.24, 2.45) is 5.41 Å². The summed E-state index contributed by atoms with van der Waals surface area (Å²) >= 11 is 0. The van der Waals surface area contributed by atoms with Crippen molar-refractivity contribution in [1.29, 1.82) is 0 Å². The Balaban J connectivity index is 0.00000231. The van der Waals surface area contributed by atoms with Crippen molar-refractivity contribution in [2.75, 3.05) is 6.54 Å². The minimum absolute atomic E-state index is 0. The molecule has 0 saturated heterocycles. The number of fused-ring (bicyclic) bond motifs is 1. The number of carbonyl (C=O) groups is 1. The molecule has 208 valence electrons. The minimum Gasteiger partial charge on any atom is -0.384 e. The smallest absolute Gasteiger partial charge is 0.384 e. The van der Waals surface area contributed by atoms with Crippen LogP contribution in [0.2, 0.25) is 0 Å². The van der Waals surface area contributed by atoms with Crippen molar-refractivity contribution in [3.8, 4) is 0 Å². The number of amides is 1. The molecule has 5 heteroatoms. The second-order valence-corrected chi connectivity index (χ2v) is 15.2. The van der Waals surface area contributed by atoms with Gasteiger partial charge in [-0.3, -0.25) is 4.79 Å². The number of hydrogen-bond acceptors (Lipinski definition) is 1. The molecule has 0 saturated carbocycles. The van der Waals surface area contributed by atoms with E-state index in [1.54, 1.807) is 0 Å². The van der Waals surface area contributed by atoms with Crippen molar-refractivity contribution in [3.05, 3.63) is 134 Å². The van der Waals surface area contributed by atoms with Gasteiger partial charge in [-0.05, 0) is 76.7 Å². The number of H-pyrrole nitrogens is 1. The van der Waals surface area contributed by atoms with Gasteiger partial charge < -0.3 is 17.7 Å². The fourth-order valence-electron chi connectivity index (χ4n) is 5.87. The van der Waals surface area contributed by atoms with E-state index in [0.717, 1.165) is 17.3 Å². The van der Waals surface area contributed by atoms with Crippen LogP contribution in [-0.2, 0) is 11.2 Å². The third kappa shape index (κ3) is 5.85. The molecule has 2 N–H and O–H groups in total. The van der Waals surface area contributed by atoms with Crippen molar-refractivity contribution in [1.82, 2.24) is 10.3 Å². The Bertz CT molecular complexity index is 1450. The van der Waals surface area contributed by atoms with E-state index >= 15 is 0 Å². The summed E-state index contributed by atoms with van der Waals surface area (Å²) in [7, 11) is -2.31. The van der Waals surface area contributed by atoms with Crippen LogP contribution >= 0.6 is 7.26 Å². The van der Waals surface area contributed by atoms with Gasteiger partial charge in [-0.2, -0.15) is 18.2 Å². The quantitative estimate of drug-likeness (QED) is 0.124. The molecule has 5 aromatic rings. The summed E-state index contributed by atoms with van der Waals surface area (Å²) in [6.45, 7) is 9.40. The van der Waals surface area contributed by atoms with E-state index in [2.05, 4.69) is 135 Å². The van der Waals surface area contributed by atoms with Crippen molar-refractivity contribution in [2.45, 2.75) is 39.3 Å². The summed E-state index contributed by atoms with van der Waals surface area (Å²) in [5.41, 5.74) is 1.61. The van der Waals surface area contributed by atoms with Crippen LogP contribution in [0.5, 0.6) is 0 Å². The van der Waals surface area contributed by atoms with Crippen LogP contribution in [0.3, 0.4) is 0 Å². The van der Waals surface area contributed by atoms with Gasteiger partial charge in [0.2, 0.25) is 5.91 Å². The summed E-state index contributed by atoms with van der Waals surface area (Å²) in [5.74, 6) is 0.0751. The molecule has 0 bridgehead atoms. The normalized spacial score (nSPS) is 11.8. The van der Waals surface area contributed by atoms with E-state index in [4.69, 9.17) is 0 Å². The Morgan fingerprint density at radius 1 is 0.805 bits per heavy atom. The summed E-state index contributed by atoms with van der Waals surface area (Å²) in [6, 6.07) is 41.6. The monoisotopic (exact) mass is 785 g/mol. The maximum Gasteiger partial charge on any atom is 2.00 e. The summed E-state index contributed by atoms with van der Waals surface area (Å²) in [4.78, 5) is 17.5. The molecule has 0 spiro atoms. The Labute approximate surface area is 270 Å². The van der Waals surface area contributed by atoms with Crippen molar-refractivity contribution >= 4 is 40.0 Å². The molecule has 4 aromatic carbocycles. The van der Waals surface area contributed by atoms with Crippen LogP contribution in [0.4, 0.5) is 0 Å². The van der Waals surface area contributed by atoms with E-state index in [1.807, 2.05) is 24.4 Å². The van der Waals surface area contributed by atoms with Crippen LogP contribution in [0, 0.1) is 50.0 Å². The molecule has 0 aliphatic heterocycles. The van der Waals surface area contributed by atoms with Crippen LogP contribution < -0.4 is 21.2 Å². The molecular formula is C36H40N2OPU+. The first-order valence-corrected chi connectivity index (χ1v) is 15.4. The molecule has 1 amide bonds. The average Bonchev–Trinajstić information content (AvgIpc) is 3.38. The fourth-order valence-corrected chi connectivity index (χ4v) is 11.5. The maximum absolute atomic E-state index is 14.1. The summed E-state index contributed by atoms with van der Waals surface area (Å²) < 4.78 is 0. The van der Waals surface area contributed by atoms with E-state index in [-0.39, 0.29) is 44.4 Å². The van der Waals surface area contributed by atoms with Crippen molar-refractivity contribution in [3.63, 3.8) is 0 Å². The number of carbonyl (C=O) groups excluding carboxylic acids is 1. The van der Waals surface area contributed by atoms with Gasteiger partial charge in [-0.1, -0.05) is 65.7 Å². The summed E-state index contributed by atoms with van der Waals surface area (Å²) in [6.07, 6.45) is 2.80. The zero-order chi connectivity index (χ0) is 27.5.